The van der Waals surface area contributed by atoms with E-state index in [-0.39, 0.29) is 12.1 Å². The summed E-state index contributed by atoms with van der Waals surface area (Å²) in [6.45, 7) is -0.995. The lowest BCUT2D eigenvalue weighted by atomic mass is 9.93. The highest BCUT2D eigenvalue weighted by molar-refractivity contribution is 4.80. The van der Waals surface area contributed by atoms with Gasteiger partial charge in [0.15, 0.2) is 0 Å². The van der Waals surface area contributed by atoms with Crippen molar-refractivity contribution in [2.45, 2.75) is 50.2 Å². The average molecular weight is 229 g/mol. The van der Waals surface area contributed by atoms with E-state index in [0.29, 0.717) is 25.7 Å². The highest BCUT2D eigenvalue weighted by Gasteiger charge is 2.40. The number of hydrogen-bond donors (Lipinski definition) is 2. The van der Waals surface area contributed by atoms with Gasteiger partial charge in [-0.1, -0.05) is 0 Å². The molecule has 1 saturated carbocycles. The molecule has 0 amide bonds. The molecule has 1 fully saturated rings. The molecule has 1 rings (SSSR count). The molecule has 0 unspecified atom stereocenters. The molecule has 0 aromatic heterocycles. The van der Waals surface area contributed by atoms with Crippen LogP contribution in [0.15, 0.2) is 0 Å². The number of halogens is 4. The summed E-state index contributed by atoms with van der Waals surface area (Å²) in [6, 6.07) is -0.182. The van der Waals surface area contributed by atoms with Crippen LogP contribution in [-0.4, -0.2) is 36.1 Å². The summed E-state index contributed by atoms with van der Waals surface area (Å²) < 4.78 is 48.6. The first-order valence-corrected chi connectivity index (χ1v) is 4.99. The summed E-state index contributed by atoms with van der Waals surface area (Å²) in [5.74, 6) is -3.96. The predicted molar refractivity (Wildman–Crippen MR) is 47.2 cm³/mol. The summed E-state index contributed by atoms with van der Waals surface area (Å²) >= 11 is 0. The molecule has 2 nitrogen and oxygen atoms in total. The second-order valence-corrected chi connectivity index (χ2v) is 3.95. The third-order valence-electron chi connectivity index (χ3n) is 2.64. The molecular weight excluding hydrogens is 214 g/mol. The van der Waals surface area contributed by atoms with Gasteiger partial charge in [-0.2, -0.15) is 8.78 Å². The van der Waals surface area contributed by atoms with Crippen LogP contribution in [0.2, 0.25) is 0 Å². The molecular formula is C9H15F4NO. The van der Waals surface area contributed by atoms with E-state index in [0.717, 1.165) is 0 Å². The molecule has 2 N–H and O–H groups in total. The number of aliphatic hydroxyl groups excluding tert-OH is 1. The Kier molecular flexibility index (Phi) is 4.33. The molecule has 0 aromatic carbocycles. The third kappa shape index (κ3) is 3.95. The summed E-state index contributed by atoms with van der Waals surface area (Å²) in [5.41, 5.74) is 0. The quantitative estimate of drug-likeness (QED) is 0.720. The maximum absolute atomic E-state index is 12.5. The SMILES string of the molecule is OC1CCC(NCC(F)(F)C(F)F)CC1. The summed E-state index contributed by atoms with van der Waals surface area (Å²) in [5, 5.41) is 11.6. The van der Waals surface area contributed by atoms with Gasteiger partial charge in [-0.15, -0.1) is 0 Å². The molecule has 15 heavy (non-hydrogen) atoms. The van der Waals surface area contributed by atoms with E-state index < -0.39 is 18.9 Å². The maximum Gasteiger partial charge on any atom is 0.319 e. The molecule has 90 valence electrons. The Hall–Kier alpha value is -0.360. The van der Waals surface area contributed by atoms with Crippen LogP contribution in [0.1, 0.15) is 25.7 Å². The van der Waals surface area contributed by atoms with Crippen molar-refractivity contribution >= 4 is 0 Å². The smallest absolute Gasteiger partial charge is 0.319 e. The number of aliphatic hydroxyl groups is 1. The molecule has 0 bridgehead atoms. The zero-order valence-corrected chi connectivity index (χ0v) is 8.23. The van der Waals surface area contributed by atoms with Crippen LogP contribution in [0.3, 0.4) is 0 Å². The van der Waals surface area contributed by atoms with Gasteiger partial charge >= 0.3 is 12.3 Å². The fourth-order valence-electron chi connectivity index (χ4n) is 1.64. The van der Waals surface area contributed by atoms with Gasteiger partial charge in [0, 0.05) is 6.04 Å². The van der Waals surface area contributed by atoms with Crippen LogP contribution in [0.4, 0.5) is 17.6 Å². The first kappa shape index (κ1) is 12.7. The molecule has 0 heterocycles. The van der Waals surface area contributed by atoms with Gasteiger partial charge in [-0.3, -0.25) is 0 Å². The number of alkyl halides is 4. The van der Waals surface area contributed by atoms with Gasteiger partial charge in [0.25, 0.3) is 0 Å². The topological polar surface area (TPSA) is 32.3 Å². The molecule has 0 saturated heterocycles. The van der Waals surface area contributed by atoms with Crippen molar-refractivity contribution in [2.24, 2.45) is 0 Å². The van der Waals surface area contributed by atoms with E-state index in [1.165, 1.54) is 0 Å². The van der Waals surface area contributed by atoms with Crippen LogP contribution in [0, 0.1) is 0 Å². The van der Waals surface area contributed by atoms with Crippen LogP contribution in [-0.2, 0) is 0 Å². The molecule has 0 aliphatic heterocycles. The Bertz CT molecular complexity index is 193. The van der Waals surface area contributed by atoms with Gasteiger partial charge in [0.1, 0.15) is 0 Å². The van der Waals surface area contributed by atoms with Crippen LogP contribution in [0.5, 0.6) is 0 Å². The Morgan fingerprint density at radius 3 is 2.20 bits per heavy atom. The zero-order valence-electron chi connectivity index (χ0n) is 8.23. The van der Waals surface area contributed by atoms with Crippen molar-refractivity contribution < 1.29 is 22.7 Å². The summed E-state index contributed by atoms with van der Waals surface area (Å²) in [6.07, 6.45) is -1.81. The van der Waals surface area contributed by atoms with Gasteiger partial charge in [0.05, 0.1) is 12.6 Å². The lowest BCUT2D eigenvalue weighted by Gasteiger charge is -2.27. The predicted octanol–water partition coefficient (Wildman–Crippen LogP) is 1.78. The molecule has 0 atom stereocenters. The number of nitrogens with one attached hydrogen (secondary N) is 1. The molecule has 0 radical (unpaired) electrons. The minimum absolute atomic E-state index is 0.182. The molecule has 0 spiro atoms. The van der Waals surface area contributed by atoms with Gasteiger partial charge in [-0.25, -0.2) is 8.78 Å². The normalized spacial score (nSPS) is 28.4. The molecule has 0 aromatic rings. The van der Waals surface area contributed by atoms with Crippen molar-refractivity contribution in [3.63, 3.8) is 0 Å². The van der Waals surface area contributed by atoms with E-state index in [1.807, 2.05) is 0 Å². The second kappa shape index (κ2) is 5.12. The Balaban J connectivity index is 2.25. The Labute approximate surface area is 85.7 Å². The lowest BCUT2D eigenvalue weighted by molar-refractivity contribution is -0.126. The average Bonchev–Trinajstić information content (AvgIpc) is 2.17. The fraction of sp³-hybridized carbons (Fsp3) is 1.00. The minimum Gasteiger partial charge on any atom is -0.393 e. The maximum atomic E-state index is 12.5. The highest BCUT2D eigenvalue weighted by atomic mass is 19.3. The van der Waals surface area contributed by atoms with Crippen molar-refractivity contribution in [2.75, 3.05) is 6.54 Å². The second-order valence-electron chi connectivity index (χ2n) is 3.95. The molecule has 6 heteroatoms. The van der Waals surface area contributed by atoms with Crippen LogP contribution in [0.25, 0.3) is 0 Å². The Morgan fingerprint density at radius 2 is 1.73 bits per heavy atom. The van der Waals surface area contributed by atoms with E-state index in [9.17, 15) is 17.6 Å². The third-order valence-corrected chi connectivity index (χ3v) is 2.64. The van der Waals surface area contributed by atoms with Crippen molar-refractivity contribution in [3.8, 4) is 0 Å². The van der Waals surface area contributed by atoms with Gasteiger partial charge in [-0.05, 0) is 25.7 Å². The van der Waals surface area contributed by atoms with Gasteiger partial charge < -0.3 is 10.4 Å². The monoisotopic (exact) mass is 229 g/mol. The Morgan fingerprint density at radius 1 is 1.20 bits per heavy atom. The highest BCUT2D eigenvalue weighted by Crippen LogP contribution is 2.23. The standard InChI is InChI=1S/C9H15F4NO/c10-8(11)9(12,13)5-14-6-1-3-7(15)4-2-6/h6-8,14-15H,1-5H2. The van der Waals surface area contributed by atoms with E-state index in [4.69, 9.17) is 5.11 Å². The molecule has 1 aliphatic rings. The first-order valence-electron chi connectivity index (χ1n) is 4.99. The van der Waals surface area contributed by atoms with E-state index in [2.05, 4.69) is 5.32 Å². The fourth-order valence-corrected chi connectivity index (χ4v) is 1.64. The van der Waals surface area contributed by atoms with Crippen molar-refractivity contribution in [1.29, 1.82) is 0 Å². The van der Waals surface area contributed by atoms with Crippen LogP contribution < -0.4 is 5.32 Å². The number of rotatable bonds is 4. The largest absolute Gasteiger partial charge is 0.393 e. The summed E-state index contributed by atoms with van der Waals surface area (Å²) in [7, 11) is 0. The van der Waals surface area contributed by atoms with Crippen molar-refractivity contribution in [1.82, 2.24) is 5.32 Å². The van der Waals surface area contributed by atoms with Crippen LogP contribution >= 0.6 is 0 Å². The minimum atomic E-state index is -3.96. The lowest BCUT2D eigenvalue weighted by Crippen LogP contribution is -2.44. The van der Waals surface area contributed by atoms with E-state index >= 15 is 0 Å². The van der Waals surface area contributed by atoms with E-state index in [1.54, 1.807) is 0 Å². The van der Waals surface area contributed by atoms with Crippen molar-refractivity contribution in [3.05, 3.63) is 0 Å². The number of hydrogen-bond acceptors (Lipinski definition) is 2. The van der Waals surface area contributed by atoms with Gasteiger partial charge in [0.2, 0.25) is 0 Å². The summed E-state index contributed by atoms with van der Waals surface area (Å²) in [4.78, 5) is 0. The first-order chi connectivity index (χ1) is 6.92. The zero-order chi connectivity index (χ0) is 11.5. The molecule has 1 aliphatic carbocycles.